The Morgan fingerprint density at radius 2 is 1.61 bits per heavy atom. The van der Waals surface area contributed by atoms with E-state index in [4.69, 9.17) is 23.2 Å². The van der Waals surface area contributed by atoms with Crippen molar-refractivity contribution in [3.8, 4) is 11.5 Å². The second-order valence-electron chi connectivity index (χ2n) is 5.83. The number of carbonyl (C=O) groups excluding carboxylic acids is 1. The van der Waals surface area contributed by atoms with Gasteiger partial charge in [-0.25, -0.2) is 5.43 Å². The van der Waals surface area contributed by atoms with Gasteiger partial charge in [-0.1, -0.05) is 29.3 Å². The topological polar surface area (TPSA) is 59.9 Å². The van der Waals surface area contributed by atoms with Crippen LogP contribution in [0.3, 0.4) is 0 Å². The minimum atomic E-state index is -4.71. The van der Waals surface area contributed by atoms with Crippen molar-refractivity contribution >= 4 is 35.3 Å². The number of ether oxygens (including phenoxy) is 2. The van der Waals surface area contributed by atoms with Gasteiger partial charge < -0.3 is 9.47 Å². The second-order valence-corrected chi connectivity index (χ2v) is 6.67. The normalized spacial score (nSPS) is 12.1. The summed E-state index contributed by atoms with van der Waals surface area (Å²) >= 11 is 11.7. The number of hydrogen-bond acceptors (Lipinski definition) is 4. The molecule has 0 aromatic heterocycles. The fourth-order valence-corrected chi connectivity index (χ4v) is 2.51. The molecular weight excluding hydrogens is 477 g/mol. The quantitative estimate of drug-likeness (QED) is 0.311. The van der Waals surface area contributed by atoms with E-state index in [1.807, 2.05) is 5.43 Å². The zero-order valence-electron chi connectivity index (χ0n) is 15.2. The number of carbonyl (C=O) groups is 1. The first-order chi connectivity index (χ1) is 14.3. The third-order valence-corrected chi connectivity index (χ3v) is 3.88. The number of nitrogens with zero attached hydrogens (tertiary/aromatic N) is 1. The van der Waals surface area contributed by atoms with Gasteiger partial charge in [0.25, 0.3) is 5.91 Å². The van der Waals surface area contributed by atoms with E-state index in [9.17, 15) is 31.1 Å². The van der Waals surface area contributed by atoms with E-state index in [-0.39, 0.29) is 5.02 Å². The SMILES string of the molecule is O=C(N/N=C/c1ccc(Cl)cc1Cl)c1cc(OCC(F)(F)F)ccc1OCC(F)(F)F. The first-order valence-corrected chi connectivity index (χ1v) is 8.91. The van der Waals surface area contributed by atoms with Gasteiger partial charge in [0.05, 0.1) is 16.8 Å². The molecule has 2 aromatic rings. The molecule has 5 nitrogen and oxygen atoms in total. The Hall–Kier alpha value is -2.66. The van der Waals surface area contributed by atoms with E-state index < -0.39 is 48.5 Å². The summed E-state index contributed by atoms with van der Waals surface area (Å²) in [6.07, 6.45) is -8.23. The third-order valence-electron chi connectivity index (χ3n) is 3.32. The molecule has 0 aliphatic carbocycles. The standard InChI is InChI=1S/C18H12Cl2F6N2O3/c19-11-2-1-10(14(20)5-11)7-27-28-16(29)13-6-12(30-8-17(21,22)23)3-4-15(13)31-9-18(24,25)26/h1-7H,8-9H2,(H,28,29)/b27-7+. The summed E-state index contributed by atoms with van der Waals surface area (Å²) in [6.45, 7) is -3.39. The zero-order valence-corrected chi connectivity index (χ0v) is 16.7. The highest BCUT2D eigenvalue weighted by Gasteiger charge is 2.30. The van der Waals surface area contributed by atoms with E-state index in [2.05, 4.69) is 14.6 Å². The van der Waals surface area contributed by atoms with Gasteiger partial charge in [0.15, 0.2) is 13.2 Å². The molecule has 31 heavy (non-hydrogen) atoms. The average Bonchev–Trinajstić information content (AvgIpc) is 2.65. The van der Waals surface area contributed by atoms with Crippen LogP contribution in [0, 0.1) is 0 Å². The molecule has 13 heteroatoms. The van der Waals surface area contributed by atoms with Crippen molar-refractivity contribution in [2.24, 2.45) is 5.10 Å². The van der Waals surface area contributed by atoms with Crippen LogP contribution in [0.4, 0.5) is 26.3 Å². The van der Waals surface area contributed by atoms with Crippen LogP contribution in [0.2, 0.25) is 10.0 Å². The largest absolute Gasteiger partial charge is 0.484 e. The Morgan fingerprint density at radius 1 is 0.968 bits per heavy atom. The molecule has 2 rings (SSSR count). The van der Waals surface area contributed by atoms with Crippen LogP contribution in [0.15, 0.2) is 41.5 Å². The Balaban J connectivity index is 2.21. The van der Waals surface area contributed by atoms with Gasteiger partial charge >= 0.3 is 12.4 Å². The maximum absolute atomic E-state index is 12.4. The molecule has 0 aliphatic heterocycles. The predicted octanol–water partition coefficient (Wildman–Crippen LogP) is 5.64. The van der Waals surface area contributed by atoms with Crippen molar-refractivity contribution < 1.29 is 40.6 Å². The van der Waals surface area contributed by atoms with E-state index in [1.54, 1.807) is 0 Å². The lowest BCUT2D eigenvalue weighted by Crippen LogP contribution is -2.23. The number of halogens is 8. The molecule has 1 amide bonds. The van der Waals surface area contributed by atoms with Crippen molar-refractivity contribution in [1.82, 2.24) is 5.43 Å². The molecule has 0 fully saturated rings. The average molecular weight is 489 g/mol. The van der Waals surface area contributed by atoms with Gasteiger partial charge in [0.2, 0.25) is 0 Å². The van der Waals surface area contributed by atoms with Crippen LogP contribution in [-0.4, -0.2) is 37.7 Å². The Kier molecular flexibility index (Phi) is 8.02. The lowest BCUT2D eigenvalue weighted by atomic mass is 10.2. The van der Waals surface area contributed by atoms with Crippen LogP contribution in [0.1, 0.15) is 15.9 Å². The number of amides is 1. The summed E-state index contributed by atoms with van der Waals surface area (Å²) in [5.41, 5.74) is 1.86. The number of rotatable bonds is 7. The maximum atomic E-state index is 12.4. The molecule has 0 heterocycles. The number of hydrazone groups is 1. The molecule has 0 bridgehead atoms. The predicted molar refractivity (Wildman–Crippen MR) is 101 cm³/mol. The van der Waals surface area contributed by atoms with Crippen molar-refractivity contribution in [3.63, 3.8) is 0 Å². The summed E-state index contributed by atoms with van der Waals surface area (Å²) < 4.78 is 83.4. The molecule has 0 saturated carbocycles. The van der Waals surface area contributed by atoms with Gasteiger partial charge in [-0.3, -0.25) is 4.79 Å². The van der Waals surface area contributed by atoms with Crippen LogP contribution < -0.4 is 14.9 Å². The minimum Gasteiger partial charge on any atom is -0.484 e. The Morgan fingerprint density at radius 3 is 2.23 bits per heavy atom. The summed E-state index contributed by atoms with van der Waals surface area (Å²) in [4.78, 5) is 12.4. The van der Waals surface area contributed by atoms with Gasteiger partial charge in [-0.05, 0) is 30.3 Å². The first kappa shape index (κ1) is 24.6. The molecule has 0 unspecified atom stereocenters. The van der Waals surface area contributed by atoms with Gasteiger partial charge in [-0.15, -0.1) is 0 Å². The summed E-state index contributed by atoms with van der Waals surface area (Å²) in [5.74, 6) is -2.00. The molecule has 0 saturated heterocycles. The lowest BCUT2D eigenvalue weighted by Gasteiger charge is -2.14. The fourth-order valence-electron chi connectivity index (χ4n) is 2.05. The highest BCUT2D eigenvalue weighted by atomic mass is 35.5. The van der Waals surface area contributed by atoms with E-state index >= 15 is 0 Å². The van der Waals surface area contributed by atoms with Crippen LogP contribution >= 0.6 is 23.2 Å². The van der Waals surface area contributed by atoms with Crippen molar-refractivity contribution in [1.29, 1.82) is 0 Å². The summed E-state index contributed by atoms with van der Waals surface area (Å²) in [6, 6.07) is 7.02. The van der Waals surface area contributed by atoms with E-state index in [0.717, 1.165) is 24.4 Å². The van der Waals surface area contributed by atoms with Crippen molar-refractivity contribution in [3.05, 3.63) is 57.6 Å². The first-order valence-electron chi connectivity index (χ1n) is 8.16. The molecule has 0 atom stereocenters. The molecule has 168 valence electrons. The Bertz CT molecular complexity index is 964. The molecule has 0 spiro atoms. The van der Waals surface area contributed by atoms with Crippen LogP contribution in [-0.2, 0) is 0 Å². The molecule has 2 aromatic carbocycles. The zero-order chi connectivity index (χ0) is 23.2. The van der Waals surface area contributed by atoms with Crippen LogP contribution in [0.25, 0.3) is 0 Å². The number of alkyl halides is 6. The molecule has 0 radical (unpaired) electrons. The second kappa shape index (κ2) is 10.1. The lowest BCUT2D eigenvalue weighted by molar-refractivity contribution is -0.154. The van der Waals surface area contributed by atoms with Crippen LogP contribution in [0.5, 0.6) is 11.5 Å². The van der Waals surface area contributed by atoms with E-state index in [0.29, 0.717) is 10.6 Å². The van der Waals surface area contributed by atoms with Crippen molar-refractivity contribution in [2.45, 2.75) is 12.4 Å². The highest BCUT2D eigenvalue weighted by molar-refractivity contribution is 6.36. The fraction of sp³-hybridized carbons (Fsp3) is 0.222. The number of benzene rings is 2. The Labute approximate surface area is 181 Å². The molecule has 0 aliphatic rings. The number of nitrogens with one attached hydrogen (secondary N) is 1. The van der Waals surface area contributed by atoms with E-state index in [1.165, 1.54) is 18.2 Å². The minimum absolute atomic E-state index is 0.210. The summed E-state index contributed by atoms with van der Waals surface area (Å²) in [7, 11) is 0. The monoisotopic (exact) mass is 488 g/mol. The maximum Gasteiger partial charge on any atom is 0.422 e. The van der Waals surface area contributed by atoms with Crippen molar-refractivity contribution in [2.75, 3.05) is 13.2 Å². The van der Waals surface area contributed by atoms with Gasteiger partial charge in [0.1, 0.15) is 11.5 Å². The molecular formula is C18H12Cl2F6N2O3. The number of hydrogen-bond donors (Lipinski definition) is 1. The highest BCUT2D eigenvalue weighted by Crippen LogP contribution is 2.28. The van der Waals surface area contributed by atoms with Gasteiger partial charge in [0, 0.05) is 10.6 Å². The third kappa shape index (κ3) is 8.54. The summed E-state index contributed by atoms with van der Waals surface area (Å²) in [5, 5.41) is 4.19. The smallest absolute Gasteiger partial charge is 0.422 e. The molecule has 1 N–H and O–H groups in total. The van der Waals surface area contributed by atoms with Gasteiger partial charge in [-0.2, -0.15) is 31.4 Å².